The molecule has 0 aliphatic heterocycles. The summed E-state index contributed by atoms with van der Waals surface area (Å²) in [5.74, 6) is 0. The van der Waals surface area contributed by atoms with Gasteiger partial charge in [0.2, 0.25) is 0 Å². The minimum atomic E-state index is -0.194. The minimum absolute atomic E-state index is 0. The fourth-order valence-corrected chi connectivity index (χ4v) is 2.27. The molecule has 1 aromatic rings. The first-order chi connectivity index (χ1) is 8.65. The van der Waals surface area contributed by atoms with E-state index in [0.717, 1.165) is 18.4 Å². The maximum atomic E-state index is 9.45. The quantitative estimate of drug-likeness (QED) is 0.746. The van der Waals surface area contributed by atoms with Gasteiger partial charge in [-0.15, -0.1) is 12.4 Å². The topological polar surface area (TPSA) is 82.1 Å². The Labute approximate surface area is 124 Å². The van der Waals surface area contributed by atoms with Crippen LogP contribution < -0.4 is 11.1 Å². The Hall–Kier alpha value is -0.990. The molecule has 4 N–H and O–H groups in total. The van der Waals surface area contributed by atoms with Crippen molar-refractivity contribution in [3.8, 4) is 6.07 Å². The van der Waals surface area contributed by atoms with Crippen LogP contribution in [0.1, 0.15) is 36.4 Å². The van der Waals surface area contributed by atoms with E-state index in [9.17, 15) is 5.11 Å². The number of nitrogens with two attached hydrogens (primary N) is 1. The first-order valence-electron chi connectivity index (χ1n) is 6.01. The van der Waals surface area contributed by atoms with Crippen LogP contribution in [0.4, 0.5) is 5.69 Å². The summed E-state index contributed by atoms with van der Waals surface area (Å²) < 4.78 is 0. The standard InChI is InChI=1S/C13H16ClN3O.ClH/c14-11-5-8(4-9(6-15)13(11)16)12(7-18)17-10-2-1-3-10;/h4-5,10,12,17-18H,1-3,7,16H2;1H. The number of aliphatic hydroxyl groups is 1. The van der Waals surface area contributed by atoms with Gasteiger partial charge in [-0.3, -0.25) is 0 Å². The first-order valence-corrected chi connectivity index (χ1v) is 6.39. The van der Waals surface area contributed by atoms with E-state index in [-0.39, 0.29) is 25.1 Å². The third kappa shape index (κ3) is 3.52. The van der Waals surface area contributed by atoms with Crippen LogP contribution in [0.5, 0.6) is 0 Å². The van der Waals surface area contributed by atoms with Gasteiger partial charge in [-0.1, -0.05) is 18.0 Å². The van der Waals surface area contributed by atoms with Crippen molar-refractivity contribution in [2.75, 3.05) is 12.3 Å². The molecule has 6 heteroatoms. The fraction of sp³-hybridized carbons (Fsp3) is 0.462. The number of aliphatic hydroxyl groups excluding tert-OH is 1. The molecule has 2 rings (SSSR count). The van der Waals surface area contributed by atoms with Crippen LogP contribution >= 0.6 is 24.0 Å². The summed E-state index contributed by atoms with van der Waals surface area (Å²) >= 11 is 6.00. The average Bonchev–Trinajstić information content (AvgIpc) is 2.31. The van der Waals surface area contributed by atoms with E-state index < -0.39 is 0 Å². The van der Waals surface area contributed by atoms with Gasteiger partial charge >= 0.3 is 0 Å². The predicted molar refractivity (Wildman–Crippen MR) is 78.4 cm³/mol. The molecule has 1 aliphatic carbocycles. The largest absolute Gasteiger partial charge is 0.396 e. The van der Waals surface area contributed by atoms with E-state index in [0.29, 0.717) is 22.3 Å². The highest BCUT2D eigenvalue weighted by Crippen LogP contribution is 2.29. The van der Waals surface area contributed by atoms with Crippen LogP contribution in [0.3, 0.4) is 0 Å². The van der Waals surface area contributed by atoms with E-state index in [4.69, 9.17) is 22.6 Å². The molecule has 0 radical (unpaired) electrons. The van der Waals surface area contributed by atoms with Gasteiger partial charge in [0.15, 0.2) is 0 Å². The summed E-state index contributed by atoms with van der Waals surface area (Å²) in [6.45, 7) is -0.0262. The van der Waals surface area contributed by atoms with Crippen molar-refractivity contribution in [3.05, 3.63) is 28.3 Å². The second kappa shape index (κ2) is 6.97. The number of hydrogen-bond donors (Lipinski definition) is 3. The number of nitrogens with one attached hydrogen (secondary N) is 1. The number of rotatable bonds is 4. The van der Waals surface area contributed by atoms with Crippen molar-refractivity contribution in [2.45, 2.75) is 31.3 Å². The number of hydrogen-bond acceptors (Lipinski definition) is 4. The molecular formula is C13H17Cl2N3O. The fourth-order valence-electron chi connectivity index (χ4n) is 2.05. The van der Waals surface area contributed by atoms with E-state index in [1.54, 1.807) is 12.1 Å². The van der Waals surface area contributed by atoms with E-state index in [1.165, 1.54) is 6.42 Å². The molecule has 1 aliphatic rings. The Morgan fingerprint density at radius 1 is 1.53 bits per heavy atom. The van der Waals surface area contributed by atoms with Crippen molar-refractivity contribution >= 4 is 29.7 Å². The molecule has 1 atom stereocenters. The second-order valence-electron chi connectivity index (χ2n) is 4.61. The molecule has 4 nitrogen and oxygen atoms in total. The maximum absolute atomic E-state index is 9.45. The maximum Gasteiger partial charge on any atom is 0.101 e. The SMILES string of the molecule is Cl.N#Cc1cc(C(CO)NC2CCC2)cc(Cl)c1N. The van der Waals surface area contributed by atoms with Crippen LogP contribution in [0.25, 0.3) is 0 Å². The lowest BCUT2D eigenvalue weighted by Gasteiger charge is -2.31. The zero-order valence-corrected chi connectivity index (χ0v) is 12.0. The second-order valence-corrected chi connectivity index (χ2v) is 5.01. The van der Waals surface area contributed by atoms with Gasteiger partial charge in [-0.2, -0.15) is 5.26 Å². The molecule has 0 bridgehead atoms. The molecular weight excluding hydrogens is 285 g/mol. The van der Waals surface area contributed by atoms with Gasteiger partial charge < -0.3 is 16.2 Å². The monoisotopic (exact) mass is 301 g/mol. The van der Waals surface area contributed by atoms with Crippen LogP contribution in [0.2, 0.25) is 5.02 Å². The van der Waals surface area contributed by atoms with Crippen molar-refractivity contribution in [1.82, 2.24) is 5.32 Å². The van der Waals surface area contributed by atoms with Gasteiger partial charge in [0.1, 0.15) is 6.07 Å². The van der Waals surface area contributed by atoms with Crippen molar-refractivity contribution in [3.63, 3.8) is 0 Å². The number of halogens is 2. The highest BCUT2D eigenvalue weighted by atomic mass is 35.5. The Kier molecular flexibility index (Phi) is 5.89. The molecule has 0 amide bonds. The van der Waals surface area contributed by atoms with Crippen molar-refractivity contribution in [1.29, 1.82) is 5.26 Å². The highest BCUT2D eigenvalue weighted by Gasteiger charge is 2.22. The molecule has 0 saturated heterocycles. The Morgan fingerprint density at radius 2 is 2.21 bits per heavy atom. The molecule has 19 heavy (non-hydrogen) atoms. The van der Waals surface area contributed by atoms with Crippen LogP contribution in [0.15, 0.2) is 12.1 Å². The summed E-state index contributed by atoms with van der Waals surface area (Å²) in [6, 6.07) is 5.67. The third-order valence-electron chi connectivity index (χ3n) is 3.40. The normalized spacial score (nSPS) is 16.1. The Bertz CT molecular complexity index is 484. The minimum Gasteiger partial charge on any atom is -0.396 e. The number of nitrogen functional groups attached to an aromatic ring is 1. The van der Waals surface area contributed by atoms with Gasteiger partial charge in [0, 0.05) is 6.04 Å². The zero-order valence-electron chi connectivity index (χ0n) is 10.4. The summed E-state index contributed by atoms with van der Waals surface area (Å²) in [7, 11) is 0. The number of benzene rings is 1. The summed E-state index contributed by atoms with van der Waals surface area (Å²) in [4.78, 5) is 0. The van der Waals surface area contributed by atoms with Gasteiger partial charge in [0.25, 0.3) is 0 Å². The molecule has 1 saturated carbocycles. The van der Waals surface area contributed by atoms with Crippen LogP contribution in [-0.4, -0.2) is 17.8 Å². The highest BCUT2D eigenvalue weighted by molar-refractivity contribution is 6.33. The third-order valence-corrected chi connectivity index (χ3v) is 3.71. The smallest absolute Gasteiger partial charge is 0.101 e. The molecule has 0 aromatic heterocycles. The summed E-state index contributed by atoms with van der Waals surface area (Å²) in [5, 5.41) is 22.2. The summed E-state index contributed by atoms with van der Waals surface area (Å²) in [6.07, 6.45) is 3.48. The molecule has 0 heterocycles. The van der Waals surface area contributed by atoms with Gasteiger partial charge in [0.05, 0.1) is 28.9 Å². The van der Waals surface area contributed by atoms with Gasteiger partial charge in [-0.05, 0) is 30.5 Å². The van der Waals surface area contributed by atoms with Gasteiger partial charge in [-0.25, -0.2) is 0 Å². The van der Waals surface area contributed by atoms with Crippen molar-refractivity contribution in [2.24, 2.45) is 0 Å². The van der Waals surface area contributed by atoms with E-state index in [2.05, 4.69) is 5.32 Å². The van der Waals surface area contributed by atoms with Crippen LogP contribution in [0, 0.1) is 11.3 Å². The predicted octanol–water partition coefficient (Wildman–Crippen LogP) is 2.39. The van der Waals surface area contributed by atoms with Crippen LogP contribution in [-0.2, 0) is 0 Å². The zero-order chi connectivity index (χ0) is 13.1. The molecule has 104 valence electrons. The molecule has 0 spiro atoms. The Balaban J connectivity index is 0.00000180. The van der Waals surface area contributed by atoms with E-state index in [1.807, 2.05) is 6.07 Å². The summed E-state index contributed by atoms with van der Waals surface area (Å²) in [5.41, 5.74) is 7.16. The molecule has 1 fully saturated rings. The lowest BCUT2D eigenvalue weighted by molar-refractivity contribution is 0.209. The lowest BCUT2D eigenvalue weighted by Crippen LogP contribution is -2.39. The average molecular weight is 302 g/mol. The Morgan fingerprint density at radius 3 is 2.68 bits per heavy atom. The number of nitrogens with zero attached hydrogens (tertiary/aromatic N) is 1. The number of nitriles is 1. The molecule has 1 unspecified atom stereocenters. The lowest BCUT2D eigenvalue weighted by atomic mass is 9.91. The van der Waals surface area contributed by atoms with E-state index >= 15 is 0 Å². The first kappa shape index (κ1) is 16.1. The molecule has 1 aromatic carbocycles. The number of anilines is 1. The van der Waals surface area contributed by atoms with Crippen molar-refractivity contribution < 1.29 is 5.11 Å².